The molecular weight excluding hydrogens is 424 g/mol. The fourth-order valence-corrected chi connectivity index (χ4v) is 6.35. The maximum absolute atomic E-state index is 12.9. The van der Waals surface area contributed by atoms with Gasteiger partial charge in [0.25, 0.3) is 0 Å². The summed E-state index contributed by atoms with van der Waals surface area (Å²) in [6.07, 6.45) is -0.999. The third-order valence-electron chi connectivity index (χ3n) is 7.85. The summed E-state index contributed by atoms with van der Waals surface area (Å²) in [5, 5.41) is -0.0586. The van der Waals surface area contributed by atoms with Gasteiger partial charge in [-0.25, -0.2) is 0 Å². The minimum atomic E-state index is -2.22. The third-order valence-corrected chi connectivity index (χ3v) is 16.8. The second-order valence-corrected chi connectivity index (χ2v) is 21.5. The van der Waals surface area contributed by atoms with Crippen LogP contribution < -0.4 is 0 Å². The average molecular weight is 463 g/mol. The summed E-state index contributed by atoms with van der Waals surface area (Å²) in [6, 6.07) is 7.96. The smallest absolute Gasteiger partial charge is 0.320 e. The Hall–Kier alpha value is -1.29. The van der Waals surface area contributed by atoms with Crippen molar-refractivity contribution in [3.63, 3.8) is 0 Å². The number of carbonyl (C=O) groups is 2. The Bertz CT molecular complexity index is 808. The van der Waals surface area contributed by atoms with Crippen molar-refractivity contribution in [1.29, 1.82) is 0 Å². The zero-order chi connectivity index (χ0) is 23.6. The molecule has 0 unspecified atom stereocenters. The van der Waals surface area contributed by atoms with Gasteiger partial charge in [0.2, 0.25) is 0 Å². The molecule has 2 aliphatic rings. The molecule has 31 heavy (non-hydrogen) atoms. The molecule has 0 radical (unpaired) electrons. The van der Waals surface area contributed by atoms with E-state index in [1.54, 1.807) is 0 Å². The van der Waals surface area contributed by atoms with Crippen molar-refractivity contribution in [2.24, 2.45) is 11.8 Å². The molecular formula is C24H38O5Si2. The molecule has 0 spiro atoms. The van der Waals surface area contributed by atoms with E-state index < -0.39 is 52.6 Å². The molecule has 3 rings (SSSR count). The molecule has 0 bridgehead atoms. The second-order valence-electron chi connectivity index (χ2n) is 12.0. The summed E-state index contributed by atoms with van der Waals surface area (Å²) >= 11 is 0. The monoisotopic (exact) mass is 462 g/mol. The van der Waals surface area contributed by atoms with Crippen LogP contribution in [0.2, 0.25) is 36.3 Å². The maximum Gasteiger partial charge on any atom is 0.320 e. The molecule has 1 saturated heterocycles. The lowest BCUT2D eigenvalue weighted by Crippen LogP contribution is -2.49. The predicted octanol–water partition coefficient (Wildman–Crippen LogP) is 6.14. The topological polar surface area (TPSA) is 61.8 Å². The van der Waals surface area contributed by atoms with E-state index in [1.807, 2.05) is 24.3 Å². The Morgan fingerprint density at radius 1 is 0.710 bits per heavy atom. The van der Waals surface area contributed by atoms with Gasteiger partial charge in [0.05, 0.1) is 12.2 Å². The number of fused-ring (bicyclic) bond motifs is 2. The van der Waals surface area contributed by atoms with Gasteiger partial charge in [-0.05, 0) is 47.4 Å². The molecule has 0 aromatic heterocycles. The van der Waals surface area contributed by atoms with Gasteiger partial charge >= 0.3 is 11.9 Å². The van der Waals surface area contributed by atoms with Gasteiger partial charge in [0.1, 0.15) is 11.8 Å². The lowest BCUT2D eigenvalue weighted by molar-refractivity contribution is -0.154. The van der Waals surface area contributed by atoms with E-state index in [2.05, 4.69) is 67.7 Å². The van der Waals surface area contributed by atoms with Crippen LogP contribution in [0.3, 0.4) is 0 Å². The Morgan fingerprint density at radius 2 is 1.03 bits per heavy atom. The molecule has 7 heteroatoms. The first kappa shape index (κ1) is 24.4. The van der Waals surface area contributed by atoms with E-state index in [1.165, 1.54) is 0 Å². The Morgan fingerprint density at radius 3 is 1.32 bits per heavy atom. The van der Waals surface area contributed by atoms with Crippen molar-refractivity contribution in [2.75, 3.05) is 0 Å². The highest BCUT2D eigenvalue weighted by Crippen LogP contribution is 2.55. The van der Waals surface area contributed by atoms with Crippen molar-refractivity contribution >= 4 is 28.6 Å². The number of cyclic esters (lactones) is 2. The second kappa shape index (κ2) is 7.64. The summed E-state index contributed by atoms with van der Waals surface area (Å²) in [6.45, 7) is 21.7. The Kier molecular flexibility index (Phi) is 6.01. The first-order chi connectivity index (χ1) is 14.0. The minimum Gasteiger partial charge on any atom is -0.409 e. The molecule has 1 fully saturated rings. The van der Waals surface area contributed by atoms with Crippen molar-refractivity contribution in [2.45, 2.75) is 90.0 Å². The summed E-state index contributed by atoms with van der Waals surface area (Å²) in [4.78, 5) is 25.9. The summed E-state index contributed by atoms with van der Waals surface area (Å²) in [5.74, 6) is -2.33. The highest BCUT2D eigenvalue weighted by atomic mass is 28.4. The Labute approximate surface area is 189 Å². The van der Waals surface area contributed by atoms with E-state index in [-0.39, 0.29) is 10.1 Å². The standard InChI is InChI=1S/C24H38O5Si2/c1-23(2,3)30(7,8)28-19-15-13-11-12-14-16(15)20(29-31(9,10)24(4,5)6)18-17(19)21(25)27-22(18)26/h11-14,17-20H,1-10H3/t17-,18+,19+,20-. The van der Waals surface area contributed by atoms with E-state index in [0.29, 0.717) is 0 Å². The first-order valence-corrected chi connectivity index (χ1v) is 17.0. The highest BCUT2D eigenvalue weighted by Gasteiger charge is 2.60. The molecule has 0 saturated carbocycles. The van der Waals surface area contributed by atoms with Crippen molar-refractivity contribution in [3.8, 4) is 0 Å². The molecule has 172 valence electrons. The largest absolute Gasteiger partial charge is 0.409 e. The highest BCUT2D eigenvalue weighted by molar-refractivity contribution is 6.74. The van der Waals surface area contributed by atoms with Gasteiger partial charge in [-0.2, -0.15) is 0 Å². The van der Waals surface area contributed by atoms with Gasteiger partial charge in [-0.1, -0.05) is 65.8 Å². The molecule has 1 aliphatic carbocycles. The van der Waals surface area contributed by atoms with Crippen LogP contribution in [0.15, 0.2) is 24.3 Å². The van der Waals surface area contributed by atoms with Crippen molar-refractivity contribution in [3.05, 3.63) is 35.4 Å². The quantitative estimate of drug-likeness (QED) is 0.305. The zero-order valence-electron chi connectivity index (χ0n) is 20.7. The van der Waals surface area contributed by atoms with Gasteiger partial charge in [0.15, 0.2) is 16.6 Å². The van der Waals surface area contributed by atoms with E-state index >= 15 is 0 Å². The lowest BCUT2D eigenvalue weighted by Gasteiger charge is -2.47. The van der Waals surface area contributed by atoms with Crippen LogP contribution in [-0.4, -0.2) is 28.6 Å². The summed E-state index contributed by atoms with van der Waals surface area (Å²) < 4.78 is 18.8. The number of ether oxygens (including phenoxy) is 1. The molecule has 1 aromatic rings. The van der Waals surface area contributed by atoms with Crippen LogP contribution >= 0.6 is 0 Å². The first-order valence-electron chi connectivity index (χ1n) is 11.2. The summed E-state index contributed by atoms with van der Waals surface area (Å²) in [7, 11) is -4.44. The van der Waals surface area contributed by atoms with Crippen LogP contribution in [0.1, 0.15) is 64.9 Å². The zero-order valence-corrected chi connectivity index (χ0v) is 22.7. The lowest BCUT2D eigenvalue weighted by atomic mass is 9.73. The average Bonchev–Trinajstić information content (AvgIpc) is 2.90. The number of hydrogen-bond acceptors (Lipinski definition) is 5. The number of benzene rings is 1. The van der Waals surface area contributed by atoms with Crippen LogP contribution in [-0.2, 0) is 23.2 Å². The predicted molar refractivity (Wildman–Crippen MR) is 127 cm³/mol. The van der Waals surface area contributed by atoms with E-state index in [4.69, 9.17) is 13.6 Å². The van der Waals surface area contributed by atoms with Gasteiger partial charge in [0, 0.05) is 0 Å². The Balaban J connectivity index is 2.14. The molecule has 1 heterocycles. The fourth-order valence-electron chi connectivity index (χ4n) is 3.83. The number of carbonyl (C=O) groups excluding carboxylic acids is 2. The fraction of sp³-hybridized carbons (Fsp3) is 0.667. The number of rotatable bonds is 4. The SMILES string of the molecule is CC(C)(C)[Si](C)(C)O[C@@H]1c2ccccc2[C@H](O[Si](C)(C)C(C)(C)C)[C@@H]2C(=O)OC(=O)[C@@H]21. The molecule has 1 aromatic carbocycles. The summed E-state index contributed by atoms with van der Waals surface area (Å²) in [5.41, 5.74) is 1.90. The van der Waals surface area contributed by atoms with Crippen LogP contribution in [0.5, 0.6) is 0 Å². The van der Waals surface area contributed by atoms with E-state index in [0.717, 1.165) is 11.1 Å². The molecule has 4 atom stereocenters. The van der Waals surface area contributed by atoms with Gasteiger partial charge in [-0.3, -0.25) is 9.59 Å². The maximum atomic E-state index is 12.9. The third kappa shape index (κ3) is 4.22. The van der Waals surface area contributed by atoms with Crippen molar-refractivity contribution < 1.29 is 23.2 Å². The van der Waals surface area contributed by atoms with Crippen molar-refractivity contribution in [1.82, 2.24) is 0 Å². The van der Waals surface area contributed by atoms with Crippen LogP contribution in [0, 0.1) is 11.8 Å². The van der Waals surface area contributed by atoms with Gasteiger partial charge < -0.3 is 13.6 Å². The molecule has 0 amide bonds. The van der Waals surface area contributed by atoms with Gasteiger partial charge in [-0.15, -0.1) is 0 Å². The normalized spacial score (nSPS) is 27.0. The van der Waals surface area contributed by atoms with Crippen LogP contribution in [0.25, 0.3) is 0 Å². The molecule has 5 nitrogen and oxygen atoms in total. The molecule has 0 N–H and O–H groups in total. The molecule has 1 aliphatic heterocycles. The van der Waals surface area contributed by atoms with E-state index in [9.17, 15) is 9.59 Å². The number of hydrogen-bond donors (Lipinski definition) is 0. The minimum absolute atomic E-state index is 0.0293. The van der Waals surface area contributed by atoms with Crippen LogP contribution in [0.4, 0.5) is 0 Å². The number of esters is 2.